The molecule has 0 aromatic heterocycles. The summed E-state index contributed by atoms with van der Waals surface area (Å²) in [5.74, 6) is -0.333. The number of carbonyl (C=O) groups excluding carboxylic acids is 1. The first-order valence-electron chi connectivity index (χ1n) is 5.78. The Hall–Kier alpha value is -1.06. The molecule has 0 amide bonds. The SMILES string of the molecule is CCOC(=O)C1(C)CC(C(C)(C)CC)=NO1. The van der Waals surface area contributed by atoms with Crippen LogP contribution in [-0.2, 0) is 14.4 Å². The van der Waals surface area contributed by atoms with Crippen LogP contribution < -0.4 is 0 Å². The fourth-order valence-electron chi connectivity index (χ4n) is 1.50. The second kappa shape index (κ2) is 4.44. The van der Waals surface area contributed by atoms with Crippen molar-refractivity contribution in [1.29, 1.82) is 0 Å². The summed E-state index contributed by atoms with van der Waals surface area (Å²) in [5.41, 5.74) is -0.0206. The van der Waals surface area contributed by atoms with E-state index in [2.05, 4.69) is 25.9 Å². The van der Waals surface area contributed by atoms with Gasteiger partial charge in [0.1, 0.15) is 0 Å². The van der Waals surface area contributed by atoms with Gasteiger partial charge in [-0.3, -0.25) is 0 Å². The zero-order valence-electron chi connectivity index (χ0n) is 10.8. The zero-order chi connectivity index (χ0) is 12.4. The first kappa shape index (κ1) is 13.0. The van der Waals surface area contributed by atoms with Crippen molar-refractivity contribution in [2.75, 3.05) is 6.61 Å². The second-order valence-electron chi connectivity index (χ2n) is 4.99. The number of ether oxygens (including phenoxy) is 1. The van der Waals surface area contributed by atoms with Crippen molar-refractivity contribution in [2.45, 2.75) is 53.1 Å². The van der Waals surface area contributed by atoms with E-state index in [1.165, 1.54) is 0 Å². The van der Waals surface area contributed by atoms with Crippen molar-refractivity contribution < 1.29 is 14.4 Å². The van der Waals surface area contributed by atoms with E-state index in [0.717, 1.165) is 12.1 Å². The number of nitrogens with zero attached hydrogens (tertiary/aromatic N) is 1. The maximum absolute atomic E-state index is 11.7. The van der Waals surface area contributed by atoms with E-state index in [-0.39, 0.29) is 11.4 Å². The van der Waals surface area contributed by atoms with Crippen LogP contribution in [0.25, 0.3) is 0 Å². The highest BCUT2D eigenvalue weighted by Gasteiger charge is 2.46. The Morgan fingerprint density at radius 2 is 2.19 bits per heavy atom. The molecule has 0 aromatic rings. The molecule has 0 N–H and O–H groups in total. The van der Waals surface area contributed by atoms with Gasteiger partial charge in [0.2, 0.25) is 5.60 Å². The summed E-state index contributed by atoms with van der Waals surface area (Å²) < 4.78 is 4.99. The minimum Gasteiger partial charge on any atom is -0.463 e. The van der Waals surface area contributed by atoms with E-state index < -0.39 is 5.60 Å². The lowest BCUT2D eigenvalue weighted by Gasteiger charge is -2.23. The van der Waals surface area contributed by atoms with Crippen molar-refractivity contribution >= 4 is 11.7 Å². The van der Waals surface area contributed by atoms with Crippen LogP contribution in [0, 0.1) is 5.41 Å². The maximum atomic E-state index is 11.7. The van der Waals surface area contributed by atoms with Gasteiger partial charge in [-0.05, 0) is 20.3 Å². The van der Waals surface area contributed by atoms with Crippen molar-refractivity contribution in [2.24, 2.45) is 10.6 Å². The molecule has 1 heterocycles. The van der Waals surface area contributed by atoms with Crippen LogP contribution >= 0.6 is 0 Å². The van der Waals surface area contributed by atoms with Crippen molar-refractivity contribution in [1.82, 2.24) is 0 Å². The van der Waals surface area contributed by atoms with Gasteiger partial charge < -0.3 is 9.57 Å². The highest BCUT2D eigenvalue weighted by Crippen LogP contribution is 2.34. The lowest BCUT2D eigenvalue weighted by Crippen LogP contribution is -2.38. The first-order chi connectivity index (χ1) is 7.35. The summed E-state index contributed by atoms with van der Waals surface area (Å²) in [7, 11) is 0. The third-order valence-electron chi connectivity index (χ3n) is 3.23. The highest BCUT2D eigenvalue weighted by atomic mass is 16.7. The smallest absolute Gasteiger partial charge is 0.353 e. The van der Waals surface area contributed by atoms with Crippen LogP contribution in [0.1, 0.15) is 47.5 Å². The molecule has 92 valence electrons. The minimum absolute atomic E-state index is 0.0236. The normalized spacial score (nSPS) is 24.9. The average molecular weight is 227 g/mol. The number of oxime groups is 1. The summed E-state index contributed by atoms with van der Waals surface area (Å²) >= 11 is 0. The van der Waals surface area contributed by atoms with Crippen LogP contribution in [0.2, 0.25) is 0 Å². The molecule has 0 fully saturated rings. The molecular formula is C12H21NO3. The van der Waals surface area contributed by atoms with E-state index in [1.54, 1.807) is 13.8 Å². The quantitative estimate of drug-likeness (QED) is 0.693. The Morgan fingerprint density at radius 3 is 2.69 bits per heavy atom. The number of esters is 1. The fraction of sp³-hybridized carbons (Fsp3) is 0.833. The van der Waals surface area contributed by atoms with E-state index in [4.69, 9.17) is 9.57 Å². The number of carbonyl (C=O) groups is 1. The Balaban J connectivity index is 2.72. The molecule has 0 radical (unpaired) electrons. The Morgan fingerprint density at radius 1 is 1.56 bits per heavy atom. The molecule has 1 unspecified atom stereocenters. The molecular weight excluding hydrogens is 206 g/mol. The van der Waals surface area contributed by atoms with Gasteiger partial charge in [-0.25, -0.2) is 4.79 Å². The monoisotopic (exact) mass is 227 g/mol. The number of hydrogen-bond acceptors (Lipinski definition) is 4. The molecule has 1 aliphatic heterocycles. The van der Waals surface area contributed by atoms with Crippen molar-refractivity contribution in [3.8, 4) is 0 Å². The van der Waals surface area contributed by atoms with E-state index in [9.17, 15) is 4.79 Å². The first-order valence-corrected chi connectivity index (χ1v) is 5.78. The van der Waals surface area contributed by atoms with Gasteiger partial charge in [-0.2, -0.15) is 0 Å². The standard InChI is InChI=1S/C12H21NO3/c1-6-11(3,4)9-8-12(5,16-13-9)10(14)15-7-2/h6-8H2,1-5H3. The Bertz CT molecular complexity index is 309. The lowest BCUT2D eigenvalue weighted by atomic mass is 9.80. The largest absolute Gasteiger partial charge is 0.463 e. The van der Waals surface area contributed by atoms with Gasteiger partial charge in [0.05, 0.1) is 12.3 Å². The predicted molar refractivity (Wildman–Crippen MR) is 62.2 cm³/mol. The van der Waals surface area contributed by atoms with Gasteiger partial charge >= 0.3 is 5.97 Å². The van der Waals surface area contributed by atoms with Crippen molar-refractivity contribution in [3.05, 3.63) is 0 Å². The zero-order valence-corrected chi connectivity index (χ0v) is 10.8. The van der Waals surface area contributed by atoms with Gasteiger partial charge in [-0.1, -0.05) is 25.9 Å². The number of hydrogen-bond donors (Lipinski definition) is 0. The summed E-state index contributed by atoms with van der Waals surface area (Å²) in [4.78, 5) is 17.0. The van der Waals surface area contributed by atoms with Crippen molar-refractivity contribution in [3.63, 3.8) is 0 Å². The van der Waals surface area contributed by atoms with Gasteiger partial charge in [0, 0.05) is 11.8 Å². The molecule has 0 bridgehead atoms. The molecule has 4 nitrogen and oxygen atoms in total. The Kier molecular flexibility index (Phi) is 3.61. The average Bonchev–Trinajstić information content (AvgIpc) is 2.63. The summed E-state index contributed by atoms with van der Waals surface area (Å²) in [6, 6.07) is 0. The maximum Gasteiger partial charge on any atom is 0.353 e. The van der Waals surface area contributed by atoms with Crippen LogP contribution in [0.3, 0.4) is 0 Å². The molecule has 1 rings (SSSR count). The third kappa shape index (κ3) is 2.36. The van der Waals surface area contributed by atoms with Gasteiger partial charge in [0.25, 0.3) is 0 Å². The predicted octanol–water partition coefficient (Wildman–Crippen LogP) is 2.52. The molecule has 0 saturated heterocycles. The summed E-state index contributed by atoms with van der Waals surface area (Å²) in [5, 5.41) is 4.05. The van der Waals surface area contributed by atoms with Crippen LogP contribution in [0.5, 0.6) is 0 Å². The van der Waals surface area contributed by atoms with Crippen LogP contribution in [0.4, 0.5) is 0 Å². The molecule has 4 heteroatoms. The summed E-state index contributed by atoms with van der Waals surface area (Å²) in [6.07, 6.45) is 1.49. The molecule has 0 saturated carbocycles. The molecule has 0 aliphatic carbocycles. The van der Waals surface area contributed by atoms with E-state index in [1.807, 2.05) is 0 Å². The summed E-state index contributed by atoms with van der Waals surface area (Å²) in [6.45, 7) is 10.2. The molecule has 1 atom stereocenters. The molecule has 1 aliphatic rings. The molecule has 16 heavy (non-hydrogen) atoms. The number of rotatable bonds is 4. The lowest BCUT2D eigenvalue weighted by molar-refractivity contribution is -0.166. The minimum atomic E-state index is -0.933. The van der Waals surface area contributed by atoms with E-state index in [0.29, 0.717) is 13.0 Å². The third-order valence-corrected chi connectivity index (χ3v) is 3.23. The molecule has 0 spiro atoms. The molecule has 0 aromatic carbocycles. The van der Waals surface area contributed by atoms with Gasteiger partial charge in [0.15, 0.2) is 0 Å². The van der Waals surface area contributed by atoms with Crippen LogP contribution in [0.15, 0.2) is 5.16 Å². The fourth-order valence-corrected chi connectivity index (χ4v) is 1.50. The Labute approximate surface area is 97.0 Å². The van der Waals surface area contributed by atoms with E-state index >= 15 is 0 Å². The van der Waals surface area contributed by atoms with Crippen LogP contribution in [-0.4, -0.2) is 23.9 Å². The van der Waals surface area contributed by atoms with Gasteiger partial charge in [-0.15, -0.1) is 0 Å². The second-order valence-corrected chi connectivity index (χ2v) is 4.99. The highest BCUT2D eigenvalue weighted by molar-refractivity contribution is 5.96. The topological polar surface area (TPSA) is 47.9 Å².